The maximum Gasteiger partial charge on any atom is 0.339 e. The van der Waals surface area contributed by atoms with Crippen LogP contribution in [0.1, 0.15) is 37.0 Å². The van der Waals surface area contributed by atoms with Crippen LogP contribution < -0.4 is 0 Å². The number of likely N-dealkylation sites (tertiary alicyclic amines) is 1. The molecule has 25 heavy (non-hydrogen) atoms. The van der Waals surface area contributed by atoms with E-state index in [9.17, 15) is 18.4 Å². The lowest BCUT2D eigenvalue weighted by molar-refractivity contribution is 0.0000708. The quantitative estimate of drug-likeness (QED) is 0.583. The monoisotopic (exact) mass is 370 g/mol. The Labute approximate surface area is 149 Å². The minimum absolute atomic E-state index is 0.0323. The predicted octanol–water partition coefficient (Wildman–Crippen LogP) is 1.97. The van der Waals surface area contributed by atoms with Gasteiger partial charge in [-0.2, -0.15) is 0 Å². The second-order valence-electron chi connectivity index (χ2n) is 6.58. The summed E-state index contributed by atoms with van der Waals surface area (Å²) in [6, 6.07) is 6.16. The van der Waals surface area contributed by atoms with Gasteiger partial charge in [0.1, 0.15) is 0 Å². The van der Waals surface area contributed by atoms with E-state index in [4.69, 9.17) is 0 Å². The average molecular weight is 370 g/mol. The molecule has 0 amide bonds. The zero-order valence-corrected chi connectivity index (χ0v) is 15.7. The molecule has 0 bridgehead atoms. The molecule has 1 aromatic carbocycles. The fourth-order valence-corrected chi connectivity index (χ4v) is 4.59. The van der Waals surface area contributed by atoms with Gasteiger partial charge in [-0.1, -0.05) is 23.5 Å². The van der Waals surface area contributed by atoms with Gasteiger partial charge in [-0.05, 0) is 44.4 Å². The number of rotatable bonds is 7. The molecule has 0 aromatic heterocycles. The predicted molar refractivity (Wildman–Crippen MR) is 92.9 cm³/mol. The summed E-state index contributed by atoms with van der Waals surface area (Å²) in [5.74, 6) is -0.122. The number of methoxy groups -OCH3 is 1. The lowest BCUT2D eigenvalue weighted by Gasteiger charge is -2.22. The van der Waals surface area contributed by atoms with Gasteiger partial charge in [-0.25, -0.2) is 13.2 Å². The van der Waals surface area contributed by atoms with Gasteiger partial charge in [0.25, 0.3) is 10.0 Å². The number of ether oxygens (including phenoxy) is 1. The summed E-state index contributed by atoms with van der Waals surface area (Å²) in [5, 5.41) is 10.1. The first kappa shape index (κ1) is 19.8. The minimum Gasteiger partial charge on any atom is -0.465 e. The Morgan fingerprint density at radius 3 is 2.64 bits per heavy atom. The van der Waals surface area contributed by atoms with Gasteiger partial charge in [0.15, 0.2) is 0 Å². The average Bonchev–Trinajstić information content (AvgIpc) is 2.91. The summed E-state index contributed by atoms with van der Waals surface area (Å²) in [4.78, 5) is 13.8. The molecule has 1 heterocycles. The number of hydrogen-bond donors (Lipinski definition) is 1. The summed E-state index contributed by atoms with van der Waals surface area (Å²) in [7, 11) is -2.99. The van der Waals surface area contributed by atoms with Crippen LogP contribution in [0, 0.1) is 5.92 Å². The Morgan fingerprint density at radius 1 is 1.36 bits per heavy atom. The van der Waals surface area contributed by atoms with Gasteiger partial charge >= 0.3 is 5.97 Å². The molecule has 1 fully saturated rings. The maximum atomic E-state index is 12.6. The number of esters is 1. The summed E-state index contributed by atoms with van der Waals surface area (Å²) in [6.45, 7) is 6.03. The van der Waals surface area contributed by atoms with E-state index in [1.807, 2.05) is 0 Å². The van der Waals surface area contributed by atoms with E-state index in [0.717, 1.165) is 19.5 Å². The van der Waals surface area contributed by atoms with Gasteiger partial charge in [-0.15, -0.1) is 0 Å². The van der Waals surface area contributed by atoms with E-state index >= 15 is 0 Å². The van der Waals surface area contributed by atoms with Crippen molar-refractivity contribution in [1.29, 1.82) is 0 Å². The zero-order chi connectivity index (χ0) is 18.6. The largest absolute Gasteiger partial charge is 0.465 e. The summed E-state index contributed by atoms with van der Waals surface area (Å²) >= 11 is 0. The molecule has 1 N–H and O–H groups in total. The number of nitrogens with zero attached hydrogens (tertiary/aromatic N) is 2. The Hall–Kier alpha value is -1.48. The van der Waals surface area contributed by atoms with Crippen molar-refractivity contribution in [3.63, 3.8) is 0 Å². The van der Waals surface area contributed by atoms with Crippen molar-refractivity contribution >= 4 is 16.0 Å². The third-order valence-electron chi connectivity index (χ3n) is 4.56. The zero-order valence-electron chi connectivity index (χ0n) is 14.9. The maximum absolute atomic E-state index is 12.6. The number of benzene rings is 1. The van der Waals surface area contributed by atoms with Gasteiger partial charge in [-0.3, -0.25) is 5.21 Å². The number of hydrogen-bond acceptors (Lipinski definition) is 6. The molecular formula is C17H26N2O5S. The van der Waals surface area contributed by atoms with E-state index in [1.165, 1.54) is 25.3 Å². The standard InChI is InChI=1S/C17H26N2O5S/c1-13-11-14(2)18(12-13)9-6-10-19(21)25(22,23)16-8-5-4-7-15(16)17(20)24-3/h4-5,7-8,13-14,21H,6,9-12H2,1-3H3. The Bertz CT molecular complexity index is 707. The molecule has 1 aliphatic heterocycles. The first-order valence-electron chi connectivity index (χ1n) is 8.40. The number of carbonyl (C=O) groups is 1. The van der Waals surface area contributed by atoms with Crippen LogP contribution in [-0.4, -0.2) is 61.7 Å². The Morgan fingerprint density at radius 2 is 2.04 bits per heavy atom. The molecule has 1 saturated heterocycles. The first-order chi connectivity index (χ1) is 11.8. The third kappa shape index (κ3) is 4.58. The van der Waals surface area contributed by atoms with E-state index in [2.05, 4.69) is 23.5 Å². The highest BCUT2D eigenvalue weighted by Gasteiger charge is 2.29. The van der Waals surface area contributed by atoms with Crippen molar-refractivity contribution in [3.05, 3.63) is 29.8 Å². The van der Waals surface area contributed by atoms with Crippen LogP contribution in [0.4, 0.5) is 0 Å². The molecule has 7 nitrogen and oxygen atoms in total. The van der Waals surface area contributed by atoms with Crippen LogP contribution in [0.5, 0.6) is 0 Å². The second kappa shape index (κ2) is 8.27. The second-order valence-corrected chi connectivity index (χ2v) is 8.39. The highest BCUT2D eigenvalue weighted by Crippen LogP contribution is 2.23. The van der Waals surface area contributed by atoms with Crippen LogP contribution in [0.2, 0.25) is 0 Å². The molecule has 2 unspecified atom stereocenters. The highest BCUT2D eigenvalue weighted by molar-refractivity contribution is 7.89. The van der Waals surface area contributed by atoms with Crippen LogP contribution in [0.25, 0.3) is 0 Å². The Kier molecular flexibility index (Phi) is 6.56. The van der Waals surface area contributed by atoms with Gasteiger partial charge < -0.3 is 9.64 Å². The van der Waals surface area contributed by atoms with Crippen LogP contribution in [-0.2, 0) is 14.8 Å². The number of hydroxylamine groups is 1. The summed E-state index contributed by atoms with van der Waals surface area (Å²) in [6.07, 6.45) is 1.64. The van der Waals surface area contributed by atoms with Crippen molar-refractivity contribution in [2.45, 2.75) is 37.6 Å². The minimum atomic E-state index is -4.18. The fourth-order valence-electron chi connectivity index (χ4n) is 3.31. The fraction of sp³-hybridized carbons (Fsp3) is 0.588. The summed E-state index contributed by atoms with van der Waals surface area (Å²) in [5.41, 5.74) is -0.0916. The van der Waals surface area contributed by atoms with Crippen LogP contribution in [0.15, 0.2) is 29.2 Å². The van der Waals surface area contributed by atoms with E-state index in [0.29, 0.717) is 22.8 Å². The number of sulfonamides is 1. The molecule has 8 heteroatoms. The van der Waals surface area contributed by atoms with Crippen molar-refractivity contribution in [1.82, 2.24) is 9.37 Å². The molecule has 0 saturated carbocycles. The molecule has 2 atom stereocenters. The van der Waals surface area contributed by atoms with Gasteiger partial charge in [0.05, 0.1) is 17.6 Å². The van der Waals surface area contributed by atoms with E-state index < -0.39 is 16.0 Å². The van der Waals surface area contributed by atoms with Crippen molar-refractivity contribution in [2.75, 3.05) is 26.7 Å². The smallest absolute Gasteiger partial charge is 0.339 e. The lowest BCUT2D eigenvalue weighted by Crippen LogP contribution is -2.34. The van der Waals surface area contributed by atoms with Crippen LogP contribution >= 0.6 is 0 Å². The van der Waals surface area contributed by atoms with Gasteiger partial charge in [0, 0.05) is 19.1 Å². The molecule has 140 valence electrons. The van der Waals surface area contributed by atoms with Crippen LogP contribution in [0.3, 0.4) is 0 Å². The molecule has 0 aliphatic carbocycles. The highest BCUT2D eigenvalue weighted by atomic mass is 32.2. The van der Waals surface area contributed by atoms with Crippen molar-refractivity contribution < 1.29 is 23.2 Å². The topological polar surface area (TPSA) is 87.2 Å². The van der Waals surface area contributed by atoms with Gasteiger partial charge in [0.2, 0.25) is 0 Å². The van der Waals surface area contributed by atoms with Crippen molar-refractivity contribution in [3.8, 4) is 0 Å². The SMILES string of the molecule is COC(=O)c1ccccc1S(=O)(=O)N(O)CCCN1CC(C)CC1C. The molecule has 2 rings (SSSR count). The lowest BCUT2D eigenvalue weighted by atomic mass is 10.1. The van der Waals surface area contributed by atoms with E-state index in [-0.39, 0.29) is 17.0 Å². The molecule has 1 aromatic rings. The normalized spacial score (nSPS) is 21.6. The first-order valence-corrected chi connectivity index (χ1v) is 9.84. The Balaban J connectivity index is 2.03. The molecule has 1 aliphatic rings. The molecule has 0 spiro atoms. The molecule has 0 radical (unpaired) electrons. The molecular weight excluding hydrogens is 344 g/mol. The number of carbonyl (C=O) groups excluding carboxylic acids is 1. The summed E-state index contributed by atoms with van der Waals surface area (Å²) < 4.78 is 30.1. The third-order valence-corrected chi connectivity index (χ3v) is 6.20. The van der Waals surface area contributed by atoms with Crippen molar-refractivity contribution in [2.24, 2.45) is 5.92 Å². The van der Waals surface area contributed by atoms with E-state index in [1.54, 1.807) is 6.07 Å².